The third-order valence-corrected chi connectivity index (χ3v) is 4.43. The first-order chi connectivity index (χ1) is 12.0. The Bertz CT molecular complexity index is 862. The number of benzene rings is 2. The van der Waals surface area contributed by atoms with Gasteiger partial charge < -0.3 is 9.42 Å². The molecule has 1 amide bonds. The van der Waals surface area contributed by atoms with E-state index in [1.165, 1.54) is 0 Å². The van der Waals surface area contributed by atoms with E-state index in [4.69, 9.17) is 4.52 Å². The Labute approximate surface area is 160 Å². The highest BCUT2D eigenvalue weighted by molar-refractivity contribution is 14.1. The average Bonchev–Trinajstić information content (AvgIpc) is 3.08. The maximum Gasteiger partial charge on any atom is 0.254 e. The van der Waals surface area contributed by atoms with Crippen LogP contribution in [0.25, 0.3) is 11.4 Å². The molecule has 0 N–H and O–H groups in total. The Morgan fingerprint density at radius 3 is 2.60 bits per heavy atom. The zero-order valence-corrected chi connectivity index (χ0v) is 16.2. The molecule has 0 saturated carbocycles. The van der Waals surface area contributed by atoms with E-state index in [9.17, 15) is 4.79 Å². The lowest BCUT2D eigenvalue weighted by molar-refractivity contribution is 0.0667. The first-order valence-corrected chi connectivity index (χ1v) is 9.07. The van der Waals surface area contributed by atoms with Crippen molar-refractivity contribution < 1.29 is 9.32 Å². The molecule has 0 fully saturated rings. The van der Waals surface area contributed by atoms with Gasteiger partial charge in [-0.3, -0.25) is 4.79 Å². The number of carbonyl (C=O) groups is 1. The van der Waals surface area contributed by atoms with Gasteiger partial charge in [0.1, 0.15) is 6.54 Å². The fourth-order valence-corrected chi connectivity index (χ4v) is 2.99. The largest absolute Gasteiger partial charge is 0.337 e. The van der Waals surface area contributed by atoms with Crippen LogP contribution in [0.4, 0.5) is 0 Å². The van der Waals surface area contributed by atoms with E-state index in [-0.39, 0.29) is 18.5 Å². The molecule has 5 nitrogen and oxygen atoms in total. The normalized spacial score (nSPS) is 10.9. The lowest BCUT2D eigenvalue weighted by Crippen LogP contribution is -2.36. The van der Waals surface area contributed by atoms with E-state index < -0.39 is 0 Å². The molecule has 0 aliphatic heterocycles. The van der Waals surface area contributed by atoms with E-state index in [1.54, 1.807) is 4.90 Å². The molecule has 0 bridgehead atoms. The van der Waals surface area contributed by atoms with Crippen molar-refractivity contribution in [1.29, 1.82) is 0 Å². The summed E-state index contributed by atoms with van der Waals surface area (Å²) in [4.78, 5) is 19.0. The molecule has 2 aromatic carbocycles. The van der Waals surface area contributed by atoms with Crippen LogP contribution in [0.1, 0.15) is 30.1 Å². The first kappa shape index (κ1) is 17.6. The summed E-state index contributed by atoms with van der Waals surface area (Å²) >= 11 is 2.20. The maximum absolute atomic E-state index is 12.9. The van der Waals surface area contributed by atoms with Crippen molar-refractivity contribution in [1.82, 2.24) is 15.0 Å². The minimum absolute atomic E-state index is 0.0115. The second kappa shape index (κ2) is 7.77. The summed E-state index contributed by atoms with van der Waals surface area (Å²) in [6, 6.07) is 17.2. The highest BCUT2D eigenvalue weighted by Crippen LogP contribution is 2.18. The van der Waals surface area contributed by atoms with Crippen LogP contribution in [0.15, 0.2) is 59.1 Å². The molecule has 0 aliphatic carbocycles. The summed E-state index contributed by atoms with van der Waals surface area (Å²) in [5.41, 5.74) is 1.54. The van der Waals surface area contributed by atoms with Gasteiger partial charge in [0.05, 0.1) is 0 Å². The van der Waals surface area contributed by atoms with Crippen LogP contribution in [0, 0.1) is 3.57 Å². The second-order valence-electron chi connectivity index (χ2n) is 5.91. The van der Waals surface area contributed by atoms with Gasteiger partial charge in [-0.1, -0.05) is 41.6 Å². The van der Waals surface area contributed by atoms with Crippen molar-refractivity contribution in [3.05, 3.63) is 69.6 Å². The van der Waals surface area contributed by atoms with Gasteiger partial charge >= 0.3 is 0 Å². The summed E-state index contributed by atoms with van der Waals surface area (Å²) in [6.45, 7) is 4.22. The van der Waals surface area contributed by atoms with Gasteiger partial charge in [0, 0.05) is 20.7 Å². The van der Waals surface area contributed by atoms with Gasteiger partial charge in [-0.2, -0.15) is 4.98 Å². The smallest absolute Gasteiger partial charge is 0.254 e. The molecular weight excluding hydrogens is 429 g/mol. The van der Waals surface area contributed by atoms with Gasteiger partial charge in [-0.15, -0.1) is 0 Å². The molecule has 6 heteroatoms. The summed E-state index contributed by atoms with van der Waals surface area (Å²) in [6.07, 6.45) is 0. The number of halogens is 1. The Morgan fingerprint density at radius 2 is 1.92 bits per heavy atom. The number of hydrogen-bond acceptors (Lipinski definition) is 4. The third kappa shape index (κ3) is 4.25. The monoisotopic (exact) mass is 447 g/mol. The standard InChI is InChI=1S/C19H18IN3O2/c1-13(2)23(19(24)15-9-6-10-16(20)11-15)12-17-21-18(22-25-17)14-7-4-3-5-8-14/h3-11,13H,12H2,1-2H3. The predicted octanol–water partition coefficient (Wildman–Crippen LogP) is 4.39. The van der Waals surface area contributed by atoms with Crippen LogP contribution < -0.4 is 0 Å². The van der Waals surface area contributed by atoms with Gasteiger partial charge in [-0.05, 0) is 54.6 Å². The van der Waals surface area contributed by atoms with Gasteiger partial charge in [0.15, 0.2) is 0 Å². The van der Waals surface area contributed by atoms with E-state index >= 15 is 0 Å². The fraction of sp³-hybridized carbons (Fsp3) is 0.211. The first-order valence-electron chi connectivity index (χ1n) is 7.99. The van der Waals surface area contributed by atoms with Crippen molar-refractivity contribution in [2.24, 2.45) is 0 Å². The topological polar surface area (TPSA) is 59.2 Å². The highest BCUT2D eigenvalue weighted by Gasteiger charge is 2.22. The number of rotatable bonds is 5. The maximum atomic E-state index is 12.9. The number of aromatic nitrogens is 2. The number of hydrogen-bond donors (Lipinski definition) is 0. The van der Waals surface area contributed by atoms with Gasteiger partial charge in [0.2, 0.25) is 11.7 Å². The van der Waals surface area contributed by atoms with Crippen molar-refractivity contribution in [2.45, 2.75) is 26.4 Å². The lowest BCUT2D eigenvalue weighted by atomic mass is 10.1. The van der Waals surface area contributed by atoms with Crippen molar-refractivity contribution >= 4 is 28.5 Å². The summed E-state index contributed by atoms with van der Waals surface area (Å²) in [7, 11) is 0. The summed E-state index contributed by atoms with van der Waals surface area (Å²) in [5, 5.41) is 4.02. The van der Waals surface area contributed by atoms with Crippen LogP contribution in [0.2, 0.25) is 0 Å². The Kier molecular flexibility index (Phi) is 5.47. The molecule has 3 rings (SSSR count). The molecule has 3 aromatic rings. The number of carbonyl (C=O) groups excluding carboxylic acids is 1. The van der Waals surface area contributed by atoms with E-state index in [0.29, 0.717) is 17.3 Å². The molecule has 0 atom stereocenters. The van der Waals surface area contributed by atoms with Crippen LogP contribution in [-0.4, -0.2) is 27.0 Å². The van der Waals surface area contributed by atoms with Crippen LogP contribution in [-0.2, 0) is 6.54 Å². The van der Waals surface area contributed by atoms with E-state index in [2.05, 4.69) is 32.7 Å². The van der Waals surface area contributed by atoms with Crippen LogP contribution in [0.3, 0.4) is 0 Å². The zero-order valence-electron chi connectivity index (χ0n) is 14.0. The minimum atomic E-state index is -0.0482. The van der Waals surface area contributed by atoms with Crippen LogP contribution >= 0.6 is 22.6 Å². The molecule has 25 heavy (non-hydrogen) atoms. The summed E-state index contributed by atoms with van der Waals surface area (Å²) < 4.78 is 6.38. The van der Waals surface area contributed by atoms with Crippen molar-refractivity contribution in [3.63, 3.8) is 0 Å². The predicted molar refractivity (Wildman–Crippen MR) is 104 cm³/mol. The Hall–Kier alpha value is -2.22. The summed E-state index contributed by atoms with van der Waals surface area (Å²) in [5.74, 6) is 0.903. The molecule has 0 aliphatic rings. The highest BCUT2D eigenvalue weighted by atomic mass is 127. The average molecular weight is 447 g/mol. The van der Waals surface area contributed by atoms with E-state index in [0.717, 1.165) is 9.13 Å². The molecule has 0 spiro atoms. The van der Waals surface area contributed by atoms with Crippen molar-refractivity contribution in [3.8, 4) is 11.4 Å². The number of amides is 1. The number of nitrogens with zero attached hydrogens (tertiary/aromatic N) is 3. The minimum Gasteiger partial charge on any atom is -0.337 e. The van der Waals surface area contributed by atoms with Gasteiger partial charge in [-0.25, -0.2) is 0 Å². The van der Waals surface area contributed by atoms with E-state index in [1.807, 2.05) is 68.4 Å². The second-order valence-corrected chi connectivity index (χ2v) is 7.16. The lowest BCUT2D eigenvalue weighted by Gasteiger charge is -2.25. The van der Waals surface area contributed by atoms with Gasteiger partial charge in [0.25, 0.3) is 5.91 Å². The quantitative estimate of drug-likeness (QED) is 0.545. The molecule has 1 heterocycles. The molecule has 0 unspecified atom stereocenters. The Morgan fingerprint density at radius 1 is 1.16 bits per heavy atom. The van der Waals surface area contributed by atoms with Crippen LogP contribution in [0.5, 0.6) is 0 Å². The molecule has 0 radical (unpaired) electrons. The SMILES string of the molecule is CC(C)N(Cc1nc(-c2ccccc2)no1)C(=O)c1cccc(I)c1. The third-order valence-electron chi connectivity index (χ3n) is 3.76. The van der Waals surface area contributed by atoms with Crippen molar-refractivity contribution in [2.75, 3.05) is 0 Å². The molecule has 128 valence electrons. The Balaban J connectivity index is 1.81. The zero-order chi connectivity index (χ0) is 17.8. The molecule has 1 aromatic heterocycles. The molecular formula is C19H18IN3O2. The molecule has 0 saturated heterocycles. The fourth-order valence-electron chi connectivity index (χ4n) is 2.45.